The van der Waals surface area contributed by atoms with Gasteiger partial charge in [0.05, 0.1) is 0 Å². The molecule has 0 N–H and O–H groups in total. The molecule has 0 amide bonds. The first kappa shape index (κ1) is 13.6. The minimum atomic E-state index is 0.121. The molecule has 0 unspecified atom stereocenters. The maximum atomic E-state index is 2.36. The van der Waals surface area contributed by atoms with Gasteiger partial charge < -0.3 is 0 Å². The van der Waals surface area contributed by atoms with Gasteiger partial charge in [-0.1, -0.05) is 67.4 Å². The van der Waals surface area contributed by atoms with Crippen molar-refractivity contribution in [2.45, 2.75) is 40.0 Å². The van der Waals surface area contributed by atoms with Crippen LogP contribution in [-0.4, -0.2) is 0 Å². The Labute approximate surface area is 132 Å². The third kappa shape index (κ3) is 1.58. The summed E-state index contributed by atoms with van der Waals surface area (Å²) in [6.45, 7) is 11.4. The third-order valence-corrected chi connectivity index (χ3v) is 5.70. The van der Waals surface area contributed by atoms with Gasteiger partial charge >= 0.3 is 0 Å². The van der Waals surface area contributed by atoms with Gasteiger partial charge in [0.2, 0.25) is 0 Å². The van der Waals surface area contributed by atoms with Crippen molar-refractivity contribution in [1.29, 1.82) is 0 Å². The Morgan fingerprint density at radius 1 is 0.727 bits per heavy atom. The second-order valence-electron chi connectivity index (χ2n) is 7.25. The van der Waals surface area contributed by atoms with Crippen LogP contribution in [-0.2, 0) is 5.41 Å². The molecule has 0 saturated heterocycles. The van der Waals surface area contributed by atoms with E-state index in [4.69, 9.17) is 0 Å². The maximum absolute atomic E-state index is 2.36. The van der Waals surface area contributed by atoms with Gasteiger partial charge in [-0.2, -0.15) is 0 Å². The molecule has 0 saturated carbocycles. The lowest BCUT2D eigenvalue weighted by Gasteiger charge is -2.24. The Morgan fingerprint density at radius 2 is 1.41 bits per heavy atom. The summed E-state index contributed by atoms with van der Waals surface area (Å²) in [5.74, 6) is 0. The Kier molecular flexibility index (Phi) is 2.61. The number of benzene rings is 3. The number of aryl methyl sites for hydroxylation is 1. The molecule has 0 atom stereocenters. The van der Waals surface area contributed by atoms with Crippen LogP contribution < -0.4 is 0 Å². The van der Waals surface area contributed by atoms with E-state index in [9.17, 15) is 0 Å². The molecule has 1 aliphatic rings. The van der Waals surface area contributed by atoms with Gasteiger partial charge in [0, 0.05) is 5.41 Å². The average Bonchev–Trinajstić information content (AvgIpc) is 2.68. The molecule has 0 spiro atoms. The van der Waals surface area contributed by atoms with Crippen molar-refractivity contribution in [2.75, 3.05) is 0 Å². The van der Waals surface area contributed by atoms with Crippen molar-refractivity contribution in [3.05, 3.63) is 64.7 Å². The molecule has 1 aliphatic carbocycles. The van der Waals surface area contributed by atoms with Crippen LogP contribution in [0, 0.1) is 6.92 Å². The molecule has 110 valence electrons. The molecular weight excluding hydrogens is 264 g/mol. The van der Waals surface area contributed by atoms with Gasteiger partial charge in [-0.25, -0.2) is 0 Å². The first-order valence-electron chi connectivity index (χ1n) is 8.06. The standard InChI is InChI=1S/C22H22/c1-13-6-7-16-8-9-19-18(20(16)12-13)11-10-17-14(2)15(3)22(4,5)21(17)19/h6-12H,1-5H3. The van der Waals surface area contributed by atoms with Gasteiger partial charge in [-0.3, -0.25) is 0 Å². The topological polar surface area (TPSA) is 0 Å². The summed E-state index contributed by atoms with van der Waals surface area (Å²) in [6, 6.07) is 16.0. The van der Waals surface area contributed by atoms with Gasteiger partial charge in [-0.15, -0.1) is 0 Å². The molecule has 0 aliphatic heterocycles. The van der Waals surface area contributed by atoms with Crippen molar-refractivity contribution in [3.8, 4) is 0 Å². The summed E-state index contributed by atoms with van der Waals surface area (Å²) in [4.78, 5) is 0. The summed E-state index contributed by atoms with van der Waals surface area (Å²) < 4.78 is 0. The van der Waals surface area contributed by atoms with Gasteiger partial charge in [-0.05, 0) is 59.0 Å². The monoisotopic (exact) mass is 286 g/mol. The van der Waals surface area contributed by atoms with Crippen LogP contribution in [0.3, 0.4) is 0 Å². The highest BCUT2D eigenvalue weighted by Gasteiger charge is 2.35. The second kappa shape index (κ2) is 4.23. The van der Waals surface area contributed by atoms with Crippen LogP contribution in [0.15, 0.2) is 48.0 Å². The predicted octanol–water partition coefficient (Wildman–Crippen LogP) is 6.39. The molecule has 0 fully saturated rings. The van der Waals surface area contributed by atoms with Gasteiger partial charge in [0.1, 0.15) is 0 Å². The fraction of sp³-hybridized carbons (Fsp3) is 0.273. The Bertz CT molecular complexity index is 968. The lowest BCUT2D eigenvalue weighted by Crippen LogP contribution is -2.16. The first-order chi connectivity index (χ1) is 10.4. The van der Waals surface area contributed by atoms with E-state index in [0.717, 1.165) is 0 Å². The molecule has 0 heterocycles. The van der Waals surface area contributed by atoms with Gasteiger partial charge in [0.25, 0.3) is 0 Å². The summed E-state index contributed by atoms with van der Waals surface area (Å²) in [5.41, 5.74) is 7.33. The minimum Gasteiger partial charge on any atom is -0.0597 e. The molecule has 0 bridgehead atoms. The Balaban J connectivity index is 2.19. The van der Waals surface area contributed by atoms with E-state index in [2.05, 4.69) is 77.1 Å². The molecule has 0 heteroatoms. The van der Waals surface area contributed by atoms with Crippen molar-refractivity contribution in [2.24, 2.45) is 0 Å². The van der Waals surface area contributed by atoms with Crippen LogP contribution in [0.4, 0.5) is 0 Å². The lowest BCUT2D eigenvalue weighted by atomic mass is 9.79. The van der Waals surface area contributed by atoms with Crippen LogP contribution in [0.5, 0.6) is 0 Å². The highest BCUT2D eigenvalue weighted by molar-refractivity contribution is 6.10. The largest absolute Gasteiger partial charge is 0.0597 e. The number of rotatable bonds is 0. The van der Waals surface area contributed by atoms with E-state index in [0.29, 0.717) is 0 Å². The number of fused-ring (bicyclic) bond motifs is 5. The van der Waals surface area contributed by atoms with Crippen molar-refractivity contribution < 1.29 is 0 Å². The smallest absolute Gasteiger partial charge is 0.0120 e. The summed E-state index contributed by atoms with van der Waals surface area (Å²) in [5, 5.41) is 5.50. The molecule has 0 nitrogen and oxygen atoms in total. The zero-order valence-electron chi connectivity index (χ0n) is 14.0. The molecule has 4 rings (SSSR count). The quantitative estimate of drug-likeness (QED) is 0.420. The molecule has 3 aromatic rings. The molecule has 3 aromatic carbocycles. The van der Waals surface area contributed by atoms with E-state index in [1.807, 2.05) is 0 Å². The highest BCUT2D eigenvalue weighted by atomic mass is 14.4. The van der Waals surface area contributed by atoms with Crippen LogP contribution in [0.25, 0.3) is 27.1 Å². The Hall–Kier alpha value is -2.08. The zero-order valence-corrected chi connectivity index (χ0v) is 14.0. The van der Waals surface area contributed by atoms with Crippen molar-refractivity contribution in [1.82, 2.24) is 0 Å². The number of allylic oxidation sites excluding steroid dienone is 2. The lowest BCUT2D eigenvalue weighted by molar-refractivity contribution is 0.644. The Morgan fingerprint density at radius 3 is 2.18 bits per heavy atom. The molecule has 0 aromatic heterocycles. The average molecular weight is 286 g/mol. The molecule has 22 heavy (non-hydrogen) atoms. The van der Waals surface area contributed by atoms with Crippen LogP contribution in [0.1, 0.15) is 44.4 Å². The van der Waals surface area contributed by atoms with E-state index in [1.54, 1.807) is 0 Å². The van der Waals surface area contributed by atoms with Crippen LogP contribution >= 0.6 is 0 Å². The fourth-order valence-electron chi connectivity index (χ4n) is 4.09. The van der Waals surface area contributed by atoms with Crippen molar-refractivity contribution >= 4 is 27.1 Å². The second-order valence-corrected chi connectivity index (χ2v) is 7.25. The molecule has 0 radical (unpaired) electrons. The minimum absolute atomic E-state index is 0.121. The van der Waals surface area contributed by atoms with Crippen molar-refractivity contribution in [3.63, 3.8) is 0 Å². The maximum Gasteiger partial charge on any atom is 0.0120 e. The van der Waals surface area contributed by atoms with Crippen LogP contribution in [0.2, 0.25) is 0 Å². The number of hydrogen-bond acceptors (Lipinski definition) is 0. The zero-order chi connectivity index (χ0) is 15.6. The first-order valence-corrected chi connectivity index (χ1v) is 8.06. The third-order valence-electron chi connectivity index (χ3n) is 5.70. The highest BCUT2D eigenvalue weighted by Crippen LogP contribution is 2.49. The summed E-state index contributed by atoms with van der Waals surface area (Å²) in [7, 11) is 0. The van der Waals surface area contributed by atoms with E-state index in [-0.39, 0.29) is 5.41 Å². The normalized spacial score (nSPS) is 16.6. The summed E-state index contributed by atoms with van der Waals surface area (Å²) >= 11 is 0. The van der Waals surface area contributed by atoms with E-state index in [1.165, 1.54) is 49.4 Å². The predicted molar refractivity (Wildman–Crippen MR) is 97.5 cm³/mol. The van der Waals surface area contributed by atoms with E-state index >= 15 is 0 Å². The SMILES string of the molecule is CC1=C(C)C(C)(C)c2c1ccc1c2ccc2ccc(C)cc21. The van der Waals surface area contributed by atoms with Gasteiger partial charge in [0.15, 0.2) is 0 Å². The summed E-state index contributed by atoms with van der Waals surface area (Å²) in [6.07, 6.45) is 0. The fourth-order valence-corrected chi connectivity index (χ4v) is 4.09. The molecular formula is C22H22. The van der Waals surface area contributed by atoms with E-state index < -0.39 is 0 Å². The number of hydrogen-bond donors (Lipinski definition) is 0.